The monoisotopic (exact) mass is 302 g/mol. The minimum atomic E-state index is 0.0199. The second-order valence-corrected chi connectivity index (χ2v) is 7.22. The fraction of sp³-hybridized carbons (Fsp3) is 0.556. The van der Waals surface area contributed by atoms with E-state index in [1.807, 2.05) is 12.1 Å². The van der Waals surface area contributed by atoms with E-state index in [0.29, 0.717) is 5.92 Å². The van der Waals surface area contributed by atoms with E-state index >= 15 is 0 Å². The quantitative estimate of drug-likeness (QED) is 0.893. The smallest absolute Gasteiger partial charge is 0.187 e. The highest BCUT2D eigenvalue weighted by Crippen LogP contribution is 2.38. The first-order chi connectivity index (χ1) is 10.5. The van der Waals surface area contributed by atoms with Crippen molar-refractivity contribution in [3.8, 4) is 0 Å². The molecular formula is C18H26N2O2. The number of nitrogens with one attached hydrogen (secondary N) is 2. The van der Waals surface area contributed by atoms with Gasteiger partial charge < -0.3 is 19.8 Å². The lowest BCUT2D eigenvalue weighted by atomic mass is 9.93. The van der Waals surface area contributed by atoms with Crippen molar-refractivity contribution >= 4 is 0 Å². The van der Waals surface area contributed by atoms with E-state index in [9.17, 15) is 0 Å². The molecule has 4 heteroatoms. The molecule has 2 N–H and O–H groups in total. The Morgan fingerprint density at radius 3 is 2.59 bits per heavy atom. The summed E-state index contributed by atoms with van der Waals surface area (Å²) < 4.78 is 11.2. The molecule has 0 radical (unpaired) electrons. The number of methoxy groups -OCH3 is 1. The molecule has 2 atom stereocenters. The molecule has 0 amide bonds. The van der Waals surface area contributed by atoms with Gasteiger partial charge in [0.05, 0.1) is 19.3 Å². The fourth-order valence-electron chi connectivity index (χ4n) is 2.91. The van der Waals surface area contributed by atoms with Crippen LogP contribution < -0.4 is 10.6 Å². The molecule has 0 bridgehead atoms. The van der Waals surface area contributed by atoms with Gasteiger partial charge in [-0.05, 0) is 63.8 Å². The Hall–Kier alpha value is -1.68. The van der Waals surface area contributed by atoms with Gasteiger partial charge >= 0.3 is 0 Å². The largest absolute Gasteiger partial charge is 0.482 e. The maximum absolute atomic E-state index is 5.68. The van der Waals surface area contributed by atoms with Gasteiger partial charge in [0.25, 0.3) is 0 Å². The van der Waals surface area contributed by atoms with Crippen LogP contribution in [0.5, 0.6) is 0 Å². The normalized spacial score (nSPS) is 25.8. The number of furan rings is 1. The lowest BCUT2D eigenvalue weighted by Gasteiger charge is -2.30. The first-order valence-electron chi connectivity index (χ1n) is 8.02. The van der Waals surface area contributed by atoms with Crippen molar-refractivity contribution in [3.63, 3.8) is 0 Å². The van der Waals surface area contributed by atoms with Crippen LogP contribution in [0.2, 0.25) is 0 Å². The Kier molecular flexibility index (Phi) is 4.04. The summed E-state index contributed by atoms with van der Waals surface area (Å²) >= 11 is 0. The minimum Gasteiger partial charge on any atom is -0.482 e. The van der Waals surface area contributed by atoms with Crippen molar-refractivity contribution in [1.82, 2.24) is 10.6 Å². The average molecular weight is 302 g/mol. The van der Waals surface area contributed by atoms with Gasteiger partial charge in [-0.3, -0.25) is 0 Å². The molecule has 1 fully saturated rings. The number of ether oxygens (including phenoxy) is 1. The van der Waals surface area contributed by atoms with E-state index in [0.717, 1.165) is 11.6 Å². The lowest BCUT2D eigenvalue weighted by Crippen LogP contribution is -2.45. The summed E-state index contributed by atoms with van der Waals surface area (Å²) in [6, 6.07) is 4.14. The third-order valence-corrected chi connectivity index (χ3v) is 4.05. The number of rotatable bonds is 4. The zero-order valence-electron chi connectivity index (χ0n) is 13.8. The molecule has 0 aromatic carbocycles. The Labute approximate surface area is 132 Å². The van der Waals surface area contributed by atoms with Gasteiger partial charge in [-0.2, -0.15) is 0 Å². The van der Waals surface area contributed by atoms with Gasteiger partial charge in [-0.25, -0.2) is 0 Å². The van der Waals surface area contributed by atoms with Crippen LogP contribution in [-0.4, -0.2) is 18.7 Å². The predicted molar refractivity (Wildman–Crippen MR) is 87.2 cm³/mol. The van der Waals surface area contributed by atoms with Crippen molar-refractivity contribution in [3.05, 3.63) is 47.9 Å². The summed E-state index contributed by atoms with van der Waals surface area (Å²) in [5.41, 5.74) is 1.29. The number of hydrogen-bond acceptors (Lipinski definition) is 4. The third-order valence-electron chi connectivity index (χ3n) is 4.05. The highest BCUT2D eigenvalue weighted by Gasteiger charge is 2.34. The molecule has 4 nitrogen and oxygen atoms in total. The van der Waals surface area contributed by atoms with E-state index in [2.05, 4.69) is 43.6 Å². The molecule has 120 valence electrons. The van der Waals surface area contributed by atoms with Crippen molar-refractivity contribution in [1.29, 1.82) is 0 Å². The zero-order chi connectivity index (χ0) is 15.7. The van der Waals surface area contributed by atoms with Gasteiger partial charge in [0, 0.05) is 17.3 Å². The molecule has 2 aliphatic rings. The molecule has 2 heterocycles. The van der Waals surface area contributed by atoms with Crippen LogP contribution in [0.1, 0.15) is 45.3 Å². The summed E-state index contributed by atoms with van der Waals surface area (Å²) in [7, 11) is 1.71. The second kappa shape index (κ2) is 5.84. The van der Waals surface area contributed by atoms with Crippen molar-refractivity contribution < 1.29 is 9.15 Å². The van der Waals surface area contributed by atoms with Gasteiger partial charge in [0.2, 0.25) is 0 Å². The zero-order valence-corrected chi connectivity index (χ0v) is 13.8. The molecule has 0 saturated heterocycles. The standard InChI is InChI=1S/C18H26N2O2/c1-18(2,3)20-15-11-14(12-7-8-12)19-17(21-4)10-13(15)16-6-5-9-22-16/h5-6,9-13,15,19-20H,7-8H2,1-4H3/t13-,15-/m1/s1. The van der Waals surface area contributed by atoms with E-state index in [-0.39, 0.29) is 17.5 Å². The van der Waals surface area contributed by atoms with Crippen LogP contribution >= 0.6 is 0 Å². The van der Waals surface area contributed by atoms with Crippen LogP contribution in [0.4, 0.5) is 0 Å². The van der Waals surface area contributed by atoms with E-state index in [4.69, 9.17) is 9.15 Å². The SMILES string of the molecule is COC1=C[C@@H](c2ccco2)[C@H](NC(C)(C)C)C=C(C2CC2)N1. The van der Waals surface area contributed by atoms with Crippen LogP contribution in [0, 0.1) is 5.92 Å². The average Bonchev–Trinajstić information content (AvgIpc) is 3.18. The molecule has 1 aliphatic carbocycles. The summed E-state index contributed by atoms with van der Waals surface area (Å²) in [4.78, 5) is 0. The third kappa shape index (κ3) is 3.55. The van der Waals surface area contributed by atoms with E-state index < -0.39 is 0 Å². The summed E-state index contributed by atoms with van der Waals surface area (Å²) in [5, 5.41) is 7.17. The second-order valence-electron chi connectivity index (χ2n) is 7.22. The molecule has 0 spiro atoms. The van der Waals surface area contributed by atoms with Crippen LogP contribution in [0.15, 0.2) is 46.5 Å². The van der Waals surface area contributed by atoms with Crippen LogP contribution in [-0.2, 0) is 4.74 Å². The molecule has 1 aromatic rings. The Balaban J connectivity index is 1.98. The fourth-order valence-corrected chi connectivity index (χ4v) is 2.91. The van der Waals surface area contributed by atoms with Gasteiger partial charge in [0.15, 0.2) is 5.88 Å². The maximum atomic E-state index is 5.68. The summed E-state index contributed by atoms with van der Waals surface area (Å²) in [5.74, 6) is 2.50. The predicted octanol–water partition coefficient (Wildman–Crippen LogP) is 3.50. The molecule has 0 unspecified atom stereocenters. The first-order valence-corrected chi connectivity index (χ1v) is 8.02. The Morgan fingerprint density at radius 1 is 1.27 bits per heavy atom. The highest BCUT2D eigenvalue weighted by molar-refractivity contribution is 5.29. The van der Waals surface area contributed by atoms with E-state index in [1.165, 1.54) is 18.5 Å². The van der Waals surface area contributed by atoms with E-state index in [1.54, 1.807) is 13.4 Å². The Morgan fingerprint density at radius 2 is 2.05 bits per heavy atom. The topological polar surface area (TPSA) is 46.4 Å². The van der Waals surface area contributed by atoms with Crippen LogP contribution in [0.25, 0.3) is 0 Å². The molecule has 1 saturated carbocycles. The molecular weight excluding hydrogens is 276 g/mol. The molecule has 1 aliphatic heterocycles. The first kappa shape index (κ1) is 15.2. The molecule has 3 rings (SSSR count). The van der Waals surface area contributed by atoms with Gasteiger partial charge in [-0.1, -0.05) is 0 Å². The minimum absolute atomic E-state index is 0.0199. The van der Waals surface area contributed by atoms with Crippen LogP contribution in [0.3, 0.4) is 0 Å². The lowest BCUT2D eigenvalue weighted by molar-refractivity contribution is 0.264. The molecule has 1 aromatic heterocycles. The summed E-state index contributed by atoms with van der Waals surface area (Å²) in [6.07, 6.45) is 8.67. The van der Waals surface area contributed by atoms with Crippen molar-refractivity contribution in [2.24, 2.45) is 5.92 Å². The number of hydrogen-bond donors (Lipinski definition) is 2. The van der Waals surface area contributed by atoms with Gasteiger partial charge in [0.1, 0.15) is 5.76 Å². The van der Waals surface area contributed by atoms with Gasteiger partial charge in [-0.15, -0.1) is 0 Å². The van der Waals surface area contributed by atoms with Crippen molar-refractivity contribution in [2.75, 3.05) is 7.11 Å². The summed E-state index contributed by atoms with van der Waals surface area (Å²) in [6.45, 7) is 6.57. The molecule has 22 heavy (non-hydrogen) atoms. The highest BCUT2D eigenvalue weighted by atomic mass is 16.5. The Bertz CT molecular complexity index is 562. The van der Waals surface area contributed by atoms with Crippen molar-refractivity contribution in [2.45, 2.75) is 51.1 Å². The maximum Gasteiger partial charge on any atom is 0.187 e. The number of allylic oxidation sites excluding steroid dienone is 1.